The number of fused-ring (bicyclic) bond motifs is 1. The average Bonchev–Trinajstić information content (AvgIpc) is 3.10. The van der Waals surface area contributed by atoms with Crippen LogP contribution in [0.4, 0.5) is 5.69 Å². The number of carbonyl (C=O) groups is 1. The van der Waals surface area contributed by atoms with Gasteiger partial charge < -0.3 is 4.90 Å². The van der Waals surface area contributed by atoms with Crippen molar-refractivity contribution in [3.63, 3.8) is 0 Å². The first-order valence-electron chi connectivity index (χ1n) is 9.07. The highest BCUT2D eigenvalue weighted by Crippen LogP contribution is 2.27. The molecule has 0 saturated carbocycles. The summed E-state index contributed by atoms with van der Waals surface area (Å²) in [6.07, 6.45) is 0.840. The van der Waals surface area contributed by atoms with Crippen LogP contribution in [0.3, 0.4) is 0 Å². The number of anilines is 1. The number of aromatic nitrogens is 2. The Kier molecular flexibility index (Phi) is 4.36. The van der Waals surface area contributed by atoms with Crippen molar-refractivity contribution in [3.05, 3.63) is 81.6 Å². The van der Waals surface area contributed by atoms with Crippen LogP contribution < -0.4 is 10.5 Å². The summed E-state index contributed by atoms with van der Waals surface area (Å²) >= 11 is 0. The molecule has 0 fully saturated rings. The lowest BCUT2D eigenvalue weighted by atomic mass is 10.0. The van der Waals surface area contributed by atoms with Gasteiger partial charge in [0.05, 0.1) is 5.69 Å². The van der Waals surface area contributed by atoms with Crippen molar-refractivity contribution < 1.29 is 4.79 Å². The minimum Gasteiger partial charge on any atom is -0.310 e. The molecule has 27 heavy (non-hydrogen) atoms. The largest absolute Gasteiger partial charge is 0.310 e. The molecule has 0 spiro atoms. The Labute approximate surface area is 157 Å². The Bertz CT molecular complexity index is 1080. The number of nitrogens with zero attached hydrogens (tertiary/aromatic N) is 3. The molecule has 1 aliphatic rings. The second-order valence-corrected chi connectivity index (χ2v) is 6.94. The van der Waals surface area contributed by atoms with E-state index in [0.29, 0.717) is 12.2 Å². The van der Waals surface area contributed by atoms with Gasteiger partial charge in [-0.25, -0.2) is 4.68 Å². The van der Waals surface area contributed by atoms with Gasteiger partial charge in [0.15, 0.2) is 0 Å². The van der Waals surface area contributed by atoms with Crippen LogP contribution in [-0.4, -0.2) is 22.2 Å². The van der Waals surface area contributed by atoms with Crippen LogP contribution in [0.5, 0.6) is 0 Å². The maximum Gasteiger partial charge on any atom is 0.267 e. The Morgan fingerprint density at radius 3 is 2.67 bits per heavy atom. The summed E-state index contributed by atoms with van der Waals surface area (Å²) in [5.41, 5.74) is 5.81. The van der Waals surface area contributed by atoms with Crippen LogP contribution in [0.2, 0.25) is 0 Å². The second-order valence-electron chi connectivity index (χ2n) is 6.94. The first-order chi connectivity index (χ1) is 13.0. The van der Waals surface area contributed by atoms with Gasteiger partial charge in [-0.05, 0) is 55.2 Å². The number of aryl methyl sites for hydroxylation is 2. The molecular weight excluding hydrogens is 338 g/mol. The van der Waals surface area contributed by atoms with Gasteiger partial charge in [0.1, 0.15) is 6.54 Å². The fourth-order valence-electron chi connectivity index (χ4n) is 3.43. The van der Waals surface area contributed by atoms with Crippen LogP contribution in [0.25, 0.3) is 11.3 Å². The third kappa shape index (κ3) is 3.28. The van der Waals surface area contributed by atoms with E-state index in [-0.39, 0.29) is 18.0 Å². The van der Waals surface area contributed by atoms with Crippen molar-refractivity contribution in [1.82, 2.24) is 9.78 Å². The van der Waals surface area contributed by atoms with Crippen molar-refractivity contribution >= 4 is 11.6 Å². The molecule has 5 heteroatoms. The third-order valence-electron chi connectivity index (χ3n) is 5.14. The first-order valence-corrected chi connectivity index (χ1v) is 9.07. The van der Waals surface area contributed by atoms with Gasteiger partial charge in [-0.2, -0.15) is 5.10 Å². The number of benzene rings is 2. The summed E-state index contributed by atoms with van der Waals surface area (Å²) in [5.74, 6) is -0.119. The summed E-state index contributed by atoms with van der Waals surface area (Å²) < 4.78 is 1.26. The number of carbonyl (C=O) groups excluding carboxylic acids is 1. The fraction of sp³-hybridized carbons (Fsp3) is 0.227. The van der Waals surface area contributed by atoms with Crippen LogP contribution >= 0.6 is 0 Å². The topological polar surface area (TPSA) is 55.2 Å². The van der Waals surface area contributed by atoms with E-state index in [1.54, 1.807) is 11.0 Å². The lowest BCUT2D eigenvalue weighted by Crippen LogP contribution is -2.36. The quantitative estimate of drug-likeness (QED) is 0.722. The molecular formula is C22H21N3O2. The molecule has 3 aromatic rings. The highest BCUT2D eigenvalue weighted by atomic mass is 16.2. The Morgan fingerprint density at radius 1 is 1.04 bits per heavy atom. The molecule has 1 aromatic heterocycles. The van der Waals surface area contributed by atoms with Gasteiger partial charge in [-0.15, -0.1) is 0 Å². The highest BCUT2D eigenvalue weighted by Gasteiger charge is 2.24. The minimum atomic E-state index is -0.275. The standard InChI is InChI=1S/C22H21N3O2/c1-15-7-8-18(13-16(15)2)19-9-10-21(26)25(23-19)14-22(27)24-12-11-17-5-3-4-6-20(17)24/h3-10,13H,11-12,14H2,1-2H3. The number of rotatable bonds is 3. The molecule has 0 saturated heterocycles. The predicted octanol–water partition coefficient (Wildman–Crippen LogP) is 3.12. The SMILES string of the molecule is Cc1ccc(-c2ccc(=O)n(CC(=O)N3CCc4ccccc43)n2)cc1C. The summed E-state index contributed by atoms with van der Waals surface area (Å²) in [5, 5.41) is 4.44. The van der Waals surface area contributed by atoms with Gasteiger partial charge in [0.2, 0.25) is 5.91 Å². The van der Waals surface area contributed by atoms with E-state index in [1.165, 1.54) is 16.3 Å². The summed E-state index contributed by atoms with van der Waals surface area (Å²) in [6.45, 7) is 4.68. The molecule has 1 aliphatic heterocycles. The molecule has 0 bridgehead atoms. The van der Waals surface area contributed by atoms with E-state index in [1.807, 2.05) is 49.4 Å². The van der Waals surface area contributed by atoms with E-state index in [9.17, 15) is 9.59 Å². The molecule has 1 amide bonds. The van der Waals surface area contributed by atoms with E-state index < -0.39 is 0 Å². The maximum atomic E-state index is 12.8. The zero-order valence-electron chi connectivity index (χ0n) is 15.5. The minimum absolute atomic E-state index is 0.0636. The van der Waals surface area contributed by atoms with E-state index in [2.05, 4.69) is 12.0 Å². The van der Waals surface area contributed by atoms with E-state index >= 15 is 0 Å². The van der Waals surface area contributed by atoms with Gasteiger partial charge in [-0.3, -0.25) is 9.59 Å². The van der Waals surface area contributed by atoms with Crippen LogP contribution in [-0.2, 0) is 17.8 Å². The van der Waals surface area contributed by atoms with Crippen molar-refractivity contribution in [2.75, 3.05) is 11.4 Å². The Balaban J connectivity index is 1.62. The molecule has 0 N–H and O–H groups in total. The number of hydrogen-bond acceptors (Lipinski definition) is 3. The fourth-order valence-corrected chi connectivity index (χ4v) is 3.43. The van der Waals surface area contributed by atoms with Crippen molar-refractivity contribution in [2.24, 2.45) is 0 Å². The smallest absolute Gasteiger partial charge is 0.267 e. The lowest BCUT2D eigenvalue weighted by molar-refractivity contribution is -0.119. The normalized spacial score (nSPS) is 12.9. The molecule has 2 heterocycles. The average molecular weight is 359 g/mol. The van der Waals surface area contributed by atoms with Crippen LogP contribution in [0.15, 0.2) is 59.4 Å². The van der Waals surface area contributed by atoms with Gasteiger partial charge in [0.25, 0.3) is 5.56 Å². The Hall–Kier alpha value is -3.21. The molecule has 5 nitrogen and oxygen atoms in total. The zero-order valence-corrected chi connectivity index (χ0v) is 15.5. The summed E-state index contributed by atoms with van der Waals surface area (Å²) in [7, 11) is 0. The van der Waals surface area contributed by atoms with Crippen molar-refractivity contribution in [1.29, 1.82) is 0 Å². The maximum absolute atomic E-state index is 12.8. The molecule has 0 atom stereocenters. The second kappa shape index (κ2) is 6.83. The Morgan fingerprint density at radius 2 is 1.85 bits per heavy atom. The van der Waals surface area contributed by atoms with Gasteiger partial charge >= 0.3 is 0 Å². The molecule has 136 valence electrons. The molecule has 2 aromatic carbocycles. The first kappa shape index (κ1) is 17.2. The van der Waals surface area contributed by atoms with Crippen molar-refractivity contribution in [2.45, 2.75) is 26.8 Å². The molecule has 0 unspecified atom stereocenters. The monoisotopic (exact) mass is 359 g/mol. The highest BCUT2D eigenvalue weighted by molar-refractivity contribution is 5.95. The number of amides is 1. The van der Waals surface area contributed by atoms with Crippen molar-refractivity contribution in [3.8, 4) is 11.3 Å². The summed E-state index contributed by atoms with van der Waals surface area (Å²) in [4.78, 5) is 26.8. The third-order valence-corrected chi connectivity index (χ3v) is 5.14. The van der Waals surface area contributed by atoms with E-state index in [4.69, 9.17) is 0 Å². The van der Waals surface area contributed by atoms with Crippen LogP contribution in [0.1, 0.15) is 16.7 Å². The predicted molar refractivity (Wildman–Crippen MR) is 106 cm³/mol. The molecule has 0 aliphatic carbocycles. The van der Waals surface area contributed by atoms with Gasteiger partial charge in [-0.1, -0.05) is 30.3 Å². The lowest BCUT2D eigenvalue weighted by Gasteiger charge is -2.17. The number of hydrogen-bond donors (Lipinski definition) is 0. The zero-order chi connectivity index (χ0) is 19.0. The van der Waals surface area contributed by atoms with Gasteiger partial charge in [0, 0.05) is 23.9 Å². The molecule has 0 radical (unpaired) electrons. The number of para-hydroxylation sites is 1. The summed E-state index contributed by atoms with van der Waals surface area (Å²) in [6, 6.07) is 17.1. The molecule has 4 rings (SSSR count). The van der Waals surface area contributed by atoms with E-state index in [0.717, 1.165) is 28.8 Å². The van der Waals surface area contributed by atoms with Crippen LogP contribution in [0, 0.1) is 13.8 Å².